The Balaban J connectivity index is 1.56. The molecule has 0 amide bonds. The largest absolute Gasteiger partial charge is 0.381 e. The van der Waals surface area contributed by atoms with Gasteiger partial charge >= 0.3 is 0 Å². The molecule has 1 saturated heterocycles. The molecule has 0 spiro atoms. The third-order valence-electron chi connectivity index (χ3n) is 4.94. The van der Waals surface area contributed by atoms with E-state index in [1.165, 1.54) is 5.56 Å². The minimum atomic E-state index is 0.159. The van der Waals surface area contributed by atoms with Gasteiger partial charge in [-0.2, -0.15) is 0 Å². The van der Waals surface area contributed by atoms with Crippen molar-refractivity contribution in [3.63, 3.8) is 0 Å². The maximum absolute atomic E-state index is 5.81. The SMILES string of the molecule is CN=C(NCCCOCC1CCOCC1)NCC(C)(C)Cc1ccccc1. The number of benzene rings is 1. The fourth-order valence-electron chi connectivity index (χ4n) is 3.30. The van der Waals surface area contributed by atoms with Crippen LogP contribution in [0, 0.1) is 11.3 Å². The van der Waals surface area contributed by atoms with Gasteiger partial charge in [0, 0.05) is 46.6 Å². The van der Waals surface area contributed by atoms with E-state index in [-0.39, 0.29) is 5.41 Å². The Morgan fingerprint density at radius 2 is 1.93 bits per heavy atom. The van der Waals surface area contributed by atoms with Crippen molar-refractivity contribution in [3.05, 3.63) is 35.9 Å². The fourth-order valence-corrected chi connectivity index (χ4v) is 3.30. The van der Waals surface area contributed by atoms with E-state index in [4.69, 9.17) is 9.47 Å². The molecule has 152 valence electrons. The monoisotopic (exact) mass is 375 g/mol. The minimum Gasteiger partial charge on any atom is -0.381 e. The lowest BCUT2D eigenvalue weighted by atomic mass is 9.86. The average Bonchev–Trinajstić information content (AvgIpc) is 2.68. The van der Waals surface area contributed by atoms with Gasteiger partial charge < -0.3 is 20.1 Å². The van der Waals surface area contributed by atoms with Gasteiger partial charge in [0.1, 0.15) is 0 Å². The Kier molecular flexibility index (Phi) is 9.64. The van der Waals surface area contributed by atoms with Gasteiger partial charge in [0.05, 0.1) is 0 Å². The predicted octanol–water partition coefficient (Wildman–Crippen LogP) is 3.25. The van der Waals surface area contributed by atoms with Crippen molar-refractivity contribution in [2.45, 2.75) is 39.5 Å². The van der Waals surface area contributed by atoms with Gasteiger partial charge in [-0.1, -0.05) is 44.2 Å². The molecular weight excluding hydrogens is 338 g/mol. The third kappa shape index (κ3) is 9.25. The van der Waals surface area contributed by atoms with Crippen LogP contribution in [-0.2, 0) is 15.9 Å². The van der Waals surface area contributed by atoms with Gasteiger partial charge in [-0.05, 0) is 42.6 Å². The summed E-state index contributed by atoms with van der Waals surface area (Å²) in [4.78, 5) is 4.33. The van der Waals surface area contributed by atoms with Crippen molar-refractivity contribution in [2.24, 2.45) is 16.3 Å². The first-order chi connectivity index (χ1) is 13.1. The van der Waals surface area contributed by atoms with Crippen molar-refractivity contribution < 1.29 is 9.47 Å². The molecule has 0 radical (unpaired) electrons. The summed E-state index contributed by atoms with van der Waals surface area (Å²) in [5, 5.41) is 6.84. The van der Waals surface area contributed by atoms with Gasteiger partial charge in [0.25, 0.3) is 0 Å². The predicted molar refractivity (Wildman–Crippen MR) is 112 cm³/mol. The number of ether oxygens (including phenoxy) is 2. The second-order valence-corrected chi connectivity index (χ2v) is 8.16. The number of aliphatic imine (C=N–C) groups is 1. The minimum absolute atomic E-state index is 0.159. The Morgan fingerprint density at radius 3 is 2.63 bits per heavy atom. The van der Waals surface area contributed by atoms with E-state index in [1.54, 1.807) is 0 Å². The van der Waals surface area contributed by atoms with Crippen molar-refractivity contribution in [1.82, 2.24) is 10.6 Å². The standard InChI is InChI=1S/C22H37N3O2/c1-22(2,16-19-8-5-4-6-9-19)18-25-21(23-3)24-12-7-13-27-17-20-10-14-26-15-11-20/h4-6,8-9,20H,7,10-18H2,1-3H3,(H2,23,24,25). The zero-order valence-corrected chi connectivity index (χ0v) is 17.3. The number of hydrogen-bond donors (Lipinski definition) is 2. The zero-order chi connectivity index (χ0) is 19.4. The maximum Gasteiger partial charge on any atom is 0.190 e. The van der Waals surface area contributed by atoms with Crippen molar-refractivity contribution in [2.75, 3.05) is 46.6 Å². The molecule has 0 aliphatic carbocycles. The maximum atomic E-state index is 5.81. The summed E-state index contributed by atoms with van der Waals surface area (Å²) in [6, 6.07) is 10.6. The van der Waals surface area contributed by atoms with Crippen LogP contribution in [0.15, 0.2) is 35.3 Å². The number of nitrogens with zero attached hydrogens (tertiary/aromatic N) is 1. The second kappa shape index (κ2) is 12.0. The highest BCUT2D eigenvalue weighted by molar-refractivity contribution is 5.79. The van der Waals surface area contributed by atoms with Crippen molar-refractivity contribution >= 4 is 5.96 Å². The highest BCUT2D eigenvalue weighted by atomic mass is 16.5. The molecule has 1 aromatic carbocycles. The number of guanidine groups is 1. The molecule has 2 rings (SSSR count). The molecule has 5 heteroatoms. The van der Waals surface area contributed by atoms with Gasteiger partial charge in [-0.15, -0.1) is 0 Å². The van der Waals surface area contributed by atoms with Gasteiger partial charge in [0.15, 0.2) is 5.96 Å². The van der Waals surface area contributed by atoms with Crippen LogP contribution in [0.2, 0.25) is 0 Å². The smallest absolute Gasteiger partial charge is 0.190 e. The Bertz CT molecular complexity index is 540. The molecule has 1 aromatic rings. The molecule has 27 heavy (non-hydrogen) atoms. The van der Waals surface area contributed by atoms with Crippen LogP contribution in [0.3, 0.4) is 0 Å². The lowest BCUT2D eigenvalue weighted by Gasteiger charge is -2.26. The average molecular weight is 376 g/mol. The summed E-state index contributed by atoms with van der Waals surface area (Å²) in [6.45, 7) is 9.74. The van der Waals surface area contributed by atoms with Crippen molar-refractivity contribution in [3.8, 4) is 0 Å². The molecule has 0 atom stereocenters. The van der Waals surface area contributed by atoms with Crippen LogP contribution in [0.25, 0.3) is 0 Å². The highest BCUT2D eigenvalue weighted by Crippen LogP contribution is 2.20. The van der Waals surface area contributed by atoms with E-state index in [9.17, 15) is 0 Å². The number of rotatable bonds is 10. The van der Waals surface area contributed by atoms with E-state index >= 15 is 0 Å². The summed E-state index contributed by atoms with van der Waals surface area (Å²) in [5.41, 5.74) is 1.53. The van der Waals surface area contributed by atoms with E-state index in [1.807, 2.05) is 7.05 Å². The molecular formula is C22H37N3O2. The first-order valence-corrected chi connectivity index (χ1v) is 10.2. The first-order valence-electron chi connectivity index (χ1n) is 10.2. The molecule has 1 heterocycles. The van der Waals surface area contributed by atoms with Crippen LogP contribution in [-0.4, -0.2) is 52.5 Å². The lowest BCUT2D eigenvalue weighted by Crippen LogP contribution is -2.43. The summed E-state index contributed by atoms with van der Waals surface area (Å²) < 4.78 is 11.2. The van der Waals surface area contributed by atoms with Crippen LogP contribution >= 0.6 is 0 Å². The Morgan fingerprint density at radius 1 is 1.19 bits per heavy atom. The molecule has 1 aliphatic heterocycles. The molecule has 1 fully saturated rings. The normalized spacial score (nSPS) is 16.3. The van der Waals surface area contributed by atoms with Crippen LogP contribution in [0.1, 0.15) is 38.7 Å². The van der Waals surface area contributed by atoms with Crippen molar-refractivity contribution in [1.29, 1.82) is 0 Å². The van der Waals surface area contributed by atoms with Crippen LogP contribution in [0.4, 0.5) is 0 Å². The van der Waals surface area contributed by atoms with E-state index < -0.39 is 0 Å². The number of hydrogen-bond acceptors (Lipinski definition) is 3. The first kappa shape index (κ1) is 21.7. The third-order valence-corrected chi connectivity index (χ3v) is 4.94. The van der Waals surface area contributed by atoms with Crippen LogP contribution < -0.4 is 10.6 Å². The summed E-state index contributed by atoms with van der Waals surface area (Å²) in [7, 11) is 1.82. The quantitative estimate of drug-likeness (QED) is 0.374. The molecule has 0 unspecified atom stereocenters. The van der Waals surface area contributed by atoms with E-state index in [2.05, 4.69) is 59.8 Å². The molecule has 2 N–H and O–H groups in total. The topological polar surface area (TPSA) is 54.9 Å². The summed E-state index contributed by atoms with van der Waals surface area (Å²) in [5.74, 6) is 1.54. The number of nitrogens with one attached hydrogen (secondary N) is 2. The molecule has 5 nitrogen and oxygen atoms in total. The zero-order valence-electron chi connectivity index (χ0n) is 17.3. The second-order valence-electron chi connectivity index (χ2n) is 8.16. The van der Waals surface area contributed by atoms with E-state index in [0.29, 0.717) is 5.92 Å². The Hall–Kier alpha value is -1.59. The molecule has 0 bridgehead atoms. The van der Waals surface area contributed by atoms with Gasteiger partial charge in [0.2, 0.25) is 0 Å². The molecule has 0 saturated carbocycles. The summed E-state index contributed by atoms with van der Waals surface area (Å²) in [6.07, 6.45) is 4.29. The molecule has 1 aliphatic rings. The van der Waals surface area contributed by atoms with E-state index in [0.717, 1.165) is 71.2 Å². The van der Waals surface area contributed by atoms with Gasteiger partial charge in [-0.25, -0.2) is 0 Å². The van der Waals surface area contributed by atoms with Gasteiger partial charge in [-0.3, -0.25) is 4.99 Å². The van der Waals surface area contributed by atoms with Crippen LogP contribution in [0.5, 0.6) is 0 Å². The lowest BCUT2D eigenvalue weighted by molar-refractivity contribution is 0.0203. The fraction of sp³-hybridized carbons (Fsp3) is 0.682. The highest BCUT2D eigenvalue weighted by Gasteiger charge is 2.19. The Labute approximate surface area is 164 Å². The summed E-state index contributed by atoms with van der Waals surface area (Å²) >= 11 is 0. The molecule has 0 aromatic heterocycles.